The number of benzene rings is 1. The number of aryl methyl sites for hydroxylation is 1. The first-order valence-electron chi connectivity index (χ1n) is 9.02. The topological polar surface area (TPSA) is 76.1 Å². The normalized spacial score (nSPS) is 17.6. The lowest BCUT2D eigenvalue weighted by atomic mass is 10.1. The summed E-state index contributed by atoms with van der Waals surface area (Å²) in [5, 5.41) is 3.08. The van der Waals surface area contributed by atoms with Crippen LogP contribution in [0.2, 0.25) is 0 Å². The molecule has 3 heterocycles. The predicted octanol–water partition coefficient (Wildman–Crippen LogP) is 2.89. The predicted molar refractivity (Wildman–Crippen MR) is 102 cm³/mol. The summed E-state index contributed by atoms with van der Waals surface area (Å²) in [4.78, 5) is 19.6. The van der Waals surface area contributed by atoms with Gasteiger partial charge >= 0.3 is 0 Å². The molecule has 0 radical (unpaired) electrons. The summed E-state index contributed by atoms with van der Waals surface area (Å²) in [5.41, 5.74) is 3.41. The fraction of sp³-hybridized carbons (Fsp3) is 0.300. The first-order chi connectivity index (χ1) is 13.3. The lowest BCUT2D eigenvalue weighted by Crippen LogP contribution is -2.38. The van der Waals surface area contributed by atoms with Crippen molar-refractivity contribution in [3.8, 4) is 0 Å². The van der Waals surface area contributed by atoms with E-state index >= 15 is 0 Å². The average Bonchev–Trinajstić information content (AvgIpc) is 2.69. The summed E-state index contributed by atoms with van der Waals surface area (Å²) in [6.07, 6.45) is 6.68. The maximum atomic E-state index is 5.96. The minimum absolute atomic E-state index is 0.102. The van der Waals surface area contributed by atoms with E-state index in [1.807, 2.05) is 0 Å². The Balaban J connectivity index is 1.44. The molecule has 1 aliphatic heterocycles. The summed E-state index contributed by atoms with van der Waals surface area (Å²) in [7, 11) is 0. The highest BCUT2D eigenvalue weighted by molar-refractivity contribution is 5.45. The third-order valence-corrected chi connectivity index (χ3v) is 4.43. The average molecular weight is 362 g/mol. The maximum Gasteiger partial charge on any atom is 0.228 e. The van der Waals surface area contributed by atoms with E-state index in [-0.39, 0.29) is 6.10 Å². The minimum atomic E-state index is -0.102. The van der Waals surface area contributed by atoms with Gasteiger partial charge in [0.1, 0.15) is 6.10 Å². The Morgan fingerprint density at radius 2 is 2.07 bits per heavy atom. The van der Waals surface area contributed by atoms with Gasteiger partial charge in [-0.2, -0.15) is 0 Å². The molecule has 1 aliphatic rings. The Morgan fingerprint density at radius 1 is 1.19 bits per heavy atom. The monoisotopic (exact) mass is 362 g/mol. The van der Waals surface area contributed by atoms with Gasteiger partial charge in [0, 0.05) is 32.0 Å². The van der Waals surface area contributed by atoms with Crippen LogP contribution in [-0.2, 0) is 11.3 Å². The van der Waals surface area contributed by atoms with Gasteiger partial charge in [-0.25, -0.2) is 15.0 Å². The zero-order valence-corrected chi connectivity index (χ0v) is 15.2. The molecule has 1 unspecified atom stereocenters. The number of nitrogens with one attached hydrogen (secondary N) is 1. The minimum Gasteiger partial charge on any atom is -0.369 e. The maximum absolute atomic E-state index is 5.96. The fourth-order valence-corrected chi connectivity index (χ4v) is 3.17. The van der Waals surface area contributed by atoms with Crippen molar-refractivity contribution in [1.82, 2.24) is 24.8 Å². The fourth-order valence-electron chi connectivity index (χ4n) is 3.17. The standard InChI is InChI=1S/C20H22N6O/c1-15-4-2-5-16(10-15)13-26-8-9-27-18(14-26)17-11-21-12-19(24-17)25-20-22-6-3-7-23-20/h2-7,10-12,18H,8-9,13-14H2,1H3,(H,22,23,24,25). The lowest BCUT2D eigenvalue weighted by molar-refractivity contribution is -0.0351. The molecule has 0 spiro atoms. The lowest BCUT2D eigenvalue weighted by Gasteiger charge is -2.32. The summed E-state index contributed by atoms with van der Waals surface area (Å²) in [5.74, 6) is 1.10. The van der Waals surface area contributed by atoms with E-state index in [9.17, 15) is 0 Å². The molecule has 0 amide bonds. The van der Waals surface area contributed by atoms with E-state index in [0.29, 0.717) is 18.4 Å². The molecule has 7 heteroatoms. The summed E-state index contributed by atoms with van der Waals surface area (Å²) in [6, 6.07) is 10.4. The highest BCUT2D eigenvalue weighted by atomic mass is 16.5. The second-order valence-electron chi connectivity index (χ2n) is 6.61. The molecule has 7 nitrogen and oxygen atoms in total. The summed E-state index contributed by atoms with van der Waals surface area (Å²) >= 11 is 0. The van der Waals surface area contributed by atoms with Crippen molar-refractivity contribution in [1.29, 1.82) is 0 Å². The summed E-state index contributed by atoms with van der Waals surface area (Å²) < 4.78 is 5.96. The molecule has 3 aromatic rings. The first kappa shape index (κ1) is 17.5. The Hall–Kier alpha value is -2.90. The number of aromatic nitrogens is 4. The van der Waals surface area contributed by atoms with Gasteiger partial charge in [-0.05, 0) is 18.6 Å². The van der Waals surface area contributed by atoms with Crippen LogP contribution in [0.15, 0.2) is 55.1 Å². The van der Waals surface area contributed by atoms with Crippen LogP contribution in [0.3, 0.4) is 0 Å². The molecule has 1 fully saturated rings. The van der Waals surface area contributed by atoms with Crippen molar-refractivity contribution in [3.05, 3.63) is 71.9 Å². The van der Waals surface area contributed by atoms with Gasteiger partial charge in [0.2, 0.25) is 5.95 Å². The van der Waals surface area contributed by atoms with Crippen LogP contribution in [0.4, 0.5) is 11.8 Å². The summed E-state index contributed by atoms with van der Waals surface area (Å²) in [6.45, 7) is 5.40. The molecule has 1 saturated heterocycles. The third kappa shape index (κ3) is 4.64. The van der Waals surface area contributed by atoms with Crippen LogP contribution in [0, 0.1) is 6.92 Å². The molecular weight excluding hydrogens is 340 g/mol. The van der Waals surface area contributed by atoms with E-state index in [4.69, 9.17) is 4.74 Å². The van der Waals surface area contributed by atoms with Crippen LogP contribution in [0.25, 0.3) is 0 Å². The molecule has 0 saturated carbocycles. The van der Waals surface area contributed by atoms with Gasteiger partial charge in [0.15, 0.2) is 5.82 Å². The molecule has 4 rings (SSSR count). The molecule has 1 atom stereocenters. The van der Waals surface area contributed by atoms with Crippen LogP contribution < -0.4 is 5.32 Å². The molecule has 1 N–H and O–H groups in total. The molecule has 0 aliphatic carbocycles. The van der Waals surface area contributed by atoms with Crippen LogP contribution in [0.1, 0.15) is 22.9 Å². The SMILES string of the molecule is Cc1cccc(CN2CCOC(c3cncc(Nc4ncccn4)n3)C2)c1. The van der Waals surface area contributed by atoms with Gasteiger partial charge < -0.3 is 10.1 Å². The van der Waals surface area contributed by atoms with Gasteiger partial charge in [-0.15, -0.1) is 0 Å². The van der Waals surface area contributed by atoms with E-state index < -0.39 is 0 Å². The molecule has 138 valence electrons. The number of ether oxygens (including phenoxy) is 1. The Bertz CT molecular complexity index is 888. The molecule has 27 heavy (non-hydrogen) atoms. The van der Waals surface area contributed by atoms with E-state index in [1.165, 1.54) is 11.1 Å². The van der Waals surface area contributed by atoms with Crippen LogP contribution >= 0.6 is 0 Å². The van der Waals surface area contributed by atoms with E-state index in [2.05, 4.69) is 61.3 Å². The molecule has 2 aromatic heterocycles. The van der Waals surface area contributed by atoms with Crippen molar-refractivity contribution in [2.45, 2.75) is 19.6 Å². The van der Waals surface area contributed by atoms with Crippen molar-refractivity contribution in [2.75, 3.05) is 25.0 Å². The van der Waals surface area contributed by atoms with Crippen molar-refractivity contribution < 1.29 is 4.74 Å². The number of anilines is 2. The Morgan fingerprint density at radius 3 is 2.93 bits per heavy atom. The van der Waals surface area contributed by atoms with Crippen molar-refractivity contribution in [3.63, 3.8) is 0 Å². The zero-order valence-electron chi connectivity index (χ0n) is 15.2. The quantitative estimate of drug-likeness (QED) is 0.748. The van der Waals surface area contributed by atoms with Gasteiger partial charge in [-0.1, -0.05) is 29.8 Å². The molecular formula is C20H22N6O. The number of hydrogen-bond acceptors (Lipinski definition) is 7. The number of rotatable bonds is 5. The van der Waals surface area contributed by atoms with Crippen molar-refractivity contribution in [2.24, 2.45) is 0 Å². The van der Waals surface area contributed by atoms with Crippen molar-refractivity contribution >= 4 is 11.8 Å². The zero-order chi connectivity index (χ0) is 18.5. The molecule has 0 bridgehead atoms. The van der Waals surface area contributed by atoms with Gasteiger partial charge in [0.05, 0.1) is 24.7 Å². The van der Waals surface area contributed by atoms with Gasteiger partial charge in [-0.3, -0.25) is 9.88 Å². The third-order valence-electron chi connectivity index (χ3n) is 4.43. The van der Waals surface area contributed by atoms with E-state index in [1.54, 1.807) is 30.9 Å². The highest BCUT2D eigenvalue weighted by Gasteiger charge is 2.23. The highest BCUT2D eigenvalue weighted by Crippen LogP contribution is 2.23. The van der Waals surface area contributed by atoms with Crippen LogP contribution in [-0.4, -0.2) is 44.5 Å². The largest absolute Gasteiger partial charge is 0.369 e. The molecule has 1 aromatic carbocycles. The number of hydrogen-bond donors (Lipinski definition) is 1. The second kappa shape index (κ2) is 8.20. The smallest absolute Gasteiger partial charge is 0.228 e. The number of morpholine rings is 1. The van der Waals surface area contributed by atoms with E-state index in [0.717, 1.165) is 25.3 Å². The Kier molecular flexibility index (Phi) is 5.32. The Labute approximate surface area is 158 Å². The second-order valence-corrected chi connectivity index (χ2v) is 6.61. The first-order valence-corrected chi connectivity index (χ1v) is 9.02. The van der Waals surface area contributed by atoms with Crippen LogP contribution in [0.5, 0.6) is 0 Å². The van der Waals surface area contributed by atoms with Gasteiger partial charge in [0.25, 0.3) is 0 Å². The number of nitrogens with zero attached hydrogens (tertiary/aromatic N) is 5.